The van der Waals surface area contributed by atoms with Crippen LogP contribution in [0.4, 0.5) is 11.4 Å². The number of ether oxygens (including phenoxy) is 1. The number of rotatable bonds is 2. The largest absolute Gasteiger partial charge is 0.398 e. The molecule has 1 fully saturated rings. The Morgan fingerprint density at radius 3 is 2.61 bits per heavy atom. The van der Waals surface area contributed by atoms with Gasteiger partial charge in [0, 0.05) is 30.5 Å². The fourth-order valence-electron chi connectivity index (χ4n) is 2.20. The van der Waals surface area contributed by atoms with E-state index in [0.29, 0.717) is 18.9 Å². The number of hydrogen-bond acceptors (Lipinski definition) is 3. The standard InChI is InChI=1S/C14H20N2O2/c1-9-7-10(2)13(8-12(9)15)16-14(17)11-3-5-18-6-4-11/h7-8,11H,3-6,15H2,1-2H3,(H,16,17). The fraction of sp³-hybridized carbons (Fsp3) is 0.500. The monoisotopic (exact) mass is 248 g/mol. The Labute approximate surface area is 108 Å². The first kappa shape index (κ1) is 12.9. The molecule has 1 saturated heterocycles. The van der Waals surface area contributed by atoms with Gasteiger partial charge in [-0.05, 0) is 43.9 Å². The Balaban J connectivity index is 2.08. The Hall–Kier alpha value is -1.55. The summed E-state index contributed by atoms with van der Waals surface area (Å²) in [5.41, 5.74) is 9.48. The molecule has 1 aromatic carbocycles. The minimum Gasteiger partial charge on any atom is -0.398 e. The summed E-state index contributed by atoms with van der Waals surface area (Å²) in [7, 11) is 0. The normalized spacial score (nSPS) is 16.6. The first-order chi connectivity index (χ1) is 8.58. The Kier molecular flexibility index (Phi) is 3.87. The summed E-state index contributed by atoms with van der Waals surface area (Å²) < 4.78 is 5.26. The van der Waals surface area contributed by atoms with E-state index in [1.54, 1.807) is 0 Å². The van der Waals surface area contributed by atoms with E-state index < -0.39 is 0 Å². The van der Waals surface area contributed by atoms with Crippen LogP contribution < -0.4 is 11.1 Å². The molecule has 0 bridgehead atoms. The quantitative estimate of drug-likeness (QED) is 0.789. The number of nitrogen functional groups attached to an aromatic ring is 1. The topological polar surface area (TPSA) is 64.3 Å². The number of carbonyl (C=O) groups is 1. The van der Waals surface area contributed by atoms with Crippen LogP contribution in [0.2, 0.25) is 0 Å². The van der Waals surface area contributed by atoms with E-state index in [2.05, 4.69) is 5.32 Å². The minimum absolute atomic E-state index is 0.0562. The van der Waals surface area contributed by atoms with Crippen LogP contribution in [0, 0.1) is 19.8 Å². The third-order valence-electron chi connectivity index (χ3n) is 3.46. The second-order valence-electron chi connectivity index (χ2n) is 4.90. The zero-order valence-electron chi connectivity index (χ0n) is 11.0. The molecule has 98 valence electrons. The lowest BCUT2D eigenvalue weighted by Gasteiger charge is -2.22. The van der Waals surface area contributed by atoms with Gasteiger partial charge in [0.05, 0.1) is 0 Å². The maximum absolute atomic E-state index is 12.1. The molecular weight excluding hydrogens is 228 g/mol. The Bertz CT molecular complexity index is 451. The molecule has 0 radical (unpaired) electrons. The average molecular weight is 248 g/mol. The predicted molar refractivity (Wildman–Crippen MR) is 72.5 cm³/mol. The van der Waals surface area contributed by atoms with Crippen molar-refractivity contribution in [2.75, 3.05) is 24.3 Å². The van der Waals surface area contributed by atoms with E-state index in [-0.39, 0.29) is 11.8 Å². The smallest absolute Gasteiger partial charge is 0.227 e. The van der Waals surface area contributed by atoms with Crippen LogP contribution in [-0.2, 0) is 9.53 Å². The third-order valence-corrected chi connectivity index (χ3v) is 3.46. The molecule has 0 aromatic heterocycles. The van der Waals surface area contributed by atoms with Gasteiger partial charge in [0.1, 0.15) is 0 Å². The second kappa shape index (κ2) is 5.40. The van der Waals surface area contributed by atoms with Crippen molar-refractivity contribution in [1.29, 1.82) is 0 Å². The fourth-order valence-corrected chi connectivity index (χ4v) is 2.20. The van der Waals surface area contributed by atoms with Gasteiger partial charge in [-0.15, -0.1) is 0 Å². The van der Waals surface area contributed by atoms with Crippen molar-refractivity contribution in [2.45, 2.75) is 26.7 Å². The summed E-state index contributed by atoms with van der Waals surface area (Å²) in [5, 5.41) is 2.97. The summed E-state index contributed by atoms with van der Waals surface area (Å²) in [4.78, 5) is 12.1. The lowest BCUT2D eigenvalue weighted by atomic mass is 9.99. The van der Waals surface area contributed by atoms with Crippen LogP contribution in [0.1, 0.15) is 24.0 Å². The van der Waals surface area contributed by atoms with Gasteiger partial charge >= 0.3 is 0 Å². The number of nitrogens with two attached hydrogens (primary N) is 1. The summed E-state index contributed by atoms with van der Waals surface area (Å²) in [6.45, 7) is 5.29. The van der Waals surface area contributed by atoms with E-state index in [4.69, 9.17) is 10.5 Å². The number of amides is 1. The molecule has 3 N–H and O–H groups in total. The predicted octanol–water partition coefficient (Wildman–Crippen LogP) is 2.25. The number of benzene rings is 1. The van der Waals surface area contributed by atoms with Gasteiger partial charge in [-0.3, -0.25) is 4.79 Å². The highest BCUT2D eigenvalue weighted by molar-refractivity contribution is 5.93. The Morgan fingerprint density at radius 2 is 1.94 bits per heavy atom. The van der Waals surface area contributed by atoms with E-state index in [1.165, 1.54) is 0 Å². The van der Waals surface area contributed by atoms with E-state index >= 15 is 0 Å². The van der Waals surface area contributed by atoms with Gasteiger partial charge in [0.15, 0.2) is 0 Å². The van der Waals surface area contributed by atoms with Crippen LogP contribution in [-0.4, -0.2) is 19.1 Å². The molecule has 0 spiro atoms. The van der Waals surface area contributed by atoms with Gasteiger partial charge in [0.2, 0.25) is 5.91 Å². The minimum atomic E-state index is 0.0562. The molecule has 4 heteroatoms. The molecule has 1 aliphatic rings. The SMILES string of the molecule is Cc1cc(C)c(NC(=O)C2CCOCC2)cc1N. The van der Waals surface area contributed by atoms with Crippen LogP contribution in [0.15, 0.2) is 12.1 Å². The molecule has 1 aliphatic heterocycles. The molecule has 18 heavy (non-hydrogen) atoms. The lowest BCUT2D eigenvalue weighted by Crippen LogP contribution is -2.28. The number of nitrogens with one attached hydrogen (secondary N) is 1. The van der Waals surface area contributed by atoms with Gasteiger partial charge in [-0.1, -0.05) is 6.07 Å². The first-order valence-corrected chi connectivity index (χ1v) is 6.33. The average Bonchev–Trinajstić information content (AvgIpc) is 2.37. The van der Waals surface area contributed by atoms with Crippen LogP contribution >= 0.6 is 0 Å². The van der Waals surface area contributed by atoms with Crippen molar-refractivity contribution < 1.29 is 9.53 Å². The summed E-state index contributed by atoms with van der Waals surface area (Å²) in [6, 6.07) is 3.83. The number of hydrogen-bond donors (Lipinski definition) is 2. The number of carbonyl (C=O) groups excluding carboxylic acids is 1. The van der Waals surface area contributed by atoms with Crippen molar-refractivity contribution in [2.24, 2.45) is 5.92 Å². The Morgan fingerprint density at radius 1 is 1.28 bits per heavy atom. The van der Waals surface area contributed by atoms with Crippen LogP contribution in [0.5, 0.6) is 0 Å². The first-order valence-electron chi connectivity index (χ1n) is 6.33. The molecule has 0 atom stereocenters. The van der Waals surface area contributed by atoms with Gasteiger partial charge in [-0.2, -0.15) is 0 Å². The third kappa shape index (κ3) is 2.82. The molecular formula is C14H20N2O2. The van der Waals surface area contributed by atoms with E-state index in [9.17, 15) is 4.79 Å². The van der Waals surface area contributed by atoms with Gasteiger partial charge < -0.3 is 15.8 Å². The molecule has 1 heterocycles. The molecule has 1 aromatic rings. The van der Waals surface area contributed by atoms with Crippen molar-refractivity contribution in [1.82, 2.24) is 0 Å². The molecule has 0 saturated carbocycles. The summed E-state index contributed by atoms with van der Waals surface area (Å²) >= 11 is 0. The maximum Gasteiger partial charge on any atom is 0.227 e. The second-order valence-corrected chi connectivity index (χ2v) is 4.90. The highest BCUT2D eigenvalue weighted by Crippen LogP contribution is 2.24. The number of aryl methyl sites for hydroxylation is 2. The van der Waals surface area contributed by atoms with Crippen molar-refractivity contribution in [3.05, 3.63) is 23.3 Å². The molecule has 2 rings (SSSR count). The molecule has 1 amide bonds. The van der Waals surface area contributed by atoms with Crippen molar-refractivity contribution >= 4 is 17.3 Å². The summed E-state index contributed by atoms with van der Waals surface area (Å²) in [6.07, 6.45) is 1.60. The van der Waals surface area contributed by atoms with E-state index in [1.807, 2.05) is 26.0 Å². The zero-order valence-corrected chi connectivity index (χ0v) is 11.0. The highest BCUT2D eigenvalue weighted by atomic mass is 16.5. The maximum atomic E-state index is 12.1. The zero-order chi connectivity index (χ0) is 13.1. The van der Waals surface area contributed by atoms with Crippen LogP contribution in [0.3, 0.4) is 0 Å². The van der Waals surface area contributed by atoms with Gasteiger partial charge in [0.25, 0.3) is 0 Å². The van der Waals surface area contributed by atoms with Crippen LogP contribution in [0.25, 0.3) is 0 Å². The summed E-state index contributed by atoms with van der Waals surface area (Å²) in [5.74, 6) is 0.130. The van der Waals surface area contributed by atoms with Gasteiger partial charge in [-0.25, -0.2) is 0 Å². The van der Waals surface area contributed by atoms with Crippen molar-refractivity contribution in [3.63, 3.8) is 0 Å². The lowest BCUT2D eigenvalue weighted by molar-refractivity contribution is -0.122. The molecule has 0 unspecified atom stereocenters. The molecule has 0 aliphatic carbocycles. The molecule has 4 nitrogen and oxygen atoms in total. The van der Waals surface area contributed by atoms with Crippen molar-refractivity contribution in [3.8, 4) is 0 Å². The number of anilines is 2. The highest BCUT2D eigenvalue weighted by Gasteiger charge is 2.22. The van der Waals surface area contributed by atoms with E-state index in [0.717, 1.165) is 29.7 Å².